The fourth-order valence-corrected chi connectivity index (χ4v) is 6.56. The Morgan fingerprint density at radius 1 is 0.775 bits per heavy atom. The zero-order valence-corrected chi connectivity index (χ0v) is 24.8. The van der Waals surface area contributed by atoms with Crippen molar-refractivity contribution in [2.75, 3.05) is 27.6 Å². The minimum absolute atomic E-state index is 0.0584. The molecular formula is C29H29N3O5S3. The Bertz CT molecular complexity index is 1740. The molecule has 4 aromatic carbocycles. The summed E-state index contributed by atoms with van der Waals surface area (Å²) in [5, 5.41) is 2.73. The van der Waals surface area contributed by atoms with E-state index >= 15 is 0 Å². The number of nitrogens with zero attached hydrogens (tertiary/aromatic N) is 1. The third kappa shape index (κ3) is 6.49. The summed E-state index contributed by atoms with van der Waals surface area (Å²) in [5.41, 5.74) is 3.37. The SMILES string of the molecule is CSc1ccc(S(=O)(=O)N(C)c2ccc(C(=O)Nc3ccc(S(=O)(=O)Nc4cc(C)ccc4C)cc3)cc2)cc1. The molecule has 4 aromatic rings. The van der Waals surface area contributed by atoms with Crippen LogP contribution in [0.25, 0.3) is 0 Å². The van der Waals surface area contributed by atoms with Crippen molar-refractivity contribution in [1.82, 2.24) is 0 Å². The Kier molecular flexibility index (Phi) is 8.57. The van der Waals surface area contributed by atoms with Crippen LogP contribution in [0.2, 0.25) is 0 Å². The second kappa shape index (κ2) is 11.7. The van der Waals surface area contributed by atoms with E-state index in [2.05, 4.69) is 10.0 Å². The highest BCUT2D eigenvalue weighted by molar-refractivity contribution is 7.98. The van der Waals surface area contributed by atoms with Crippen molar-refractivity contribution in [2.24, 2.45) is 0 Å². The lowest BCUT2D eigenvalue weighted by Crippen LogP contribution is -2.26. The minimum atomic E-state index is -3.82. The number of nitrogens with one attached hydrogen (secondary N) is 2. The molecule has 208 valence electrons. The van der Waals surface area contributed by atoms with Crippen LogP contribution in [0.15, 0.2) is 106 Å². The average Bonchev–Trinajstić information content (AvgIpc) is 2.95. The topological polar surface area (TPSA) is 113 Å². The van der Waals surface area contributed by atoms with Crippen molar-refractivity contribution in [3.8, 4) is 0 Å². The van der Waals surface area contributed by atoms with Gasteiger partial charge in [0.1, 0.15) is 0 Å². The van der Waals surface area contributed by atoms with Crippen molar-refractivity contribution in [3.63, 3.8) is 0 Å². The number of anilines is 3. The van der Waals surface area contributed by atoms with Gasteiger partial charge < -0.3 is 5.32 Å². The molecule has 0 aliphatic heterocycles. The van der Waals surface area contributed by atoms with Gasteiger partial charge in [0, 0.05) is 23.2 Å². The van der Waals surface area contributed by atoms with Crippen LogP contribution in [0, 0.1) is 13.8 Å². The Labute approximate surface area is 239 Å². The van der Waals surface area contributed by atoms with Crippen LogP contribution < -0.4 is 14.3 Å². The van der Waals surface area contributed by atoms with Crippen LogP contribution in [0.3, 0.4) is 0 Å². The fraction of sp³-hybridized carbons (Fsp3) is 0.138. The van der Waals surface area contributed by atoms with E-state index in [1.165, 1.54) is 55.2 Å². The summed E-state index contributed by atoms with van der Waals surface area (Å²) in [6.07, 6.45) is 1.92. The zero-order chi connectivity index (χ0) is 29.1. The van der Waals surface area contributed by atoms with E-state index in [4.69, 9.17) is 0 Å². The first-order valence-electron chi connectivity index (χ1n) is 12.2. The van der Waals surface area contributed by atoms with Gasteiger partial charge in [0.15, 0.2) is 0 Å². The fourth-order valence-electron chi connectivity index (χ4n) is 3.84. The maximum Gasteiger partial charge on any atom is 0.264 e. The van der Waals surface area contributed by atoms with Gasteiger partial charge in [-0.25, -0.2) is 16.8 Å². The van der Waals surface area contributed by atoms with Gasteiger partial charge in [-0.2, -0.15) is 0 Å². The molecule has 40 heavy (non-hydrogen) atoms. The van der Waals surface area contributed by atoms with Gasteiger partial charge in [-0.15, -0.1) is 11.8 Å². The van der Waals surface area contributed by atoms with Crippen LogP contribution in [-0.2, 0) is 20.0 Å². The Balaban J connectivity index is 1.43. The molecule has 0 aliphatic carbocycles. The molecule has 0 atom stereocenters. The van der Waals surface area contributed by atoms with Gasteiger partial charge in [0.25, 0.3) is 26.0 Å². The molecule has 0 saturated carbocycles. The van der Waals surface area contributed by atoms with Crippen LogP contribution in [-0.4, -0.2) is 36.0 Å². The maximum atomic E-state index is 13.0. The normalized spacial score (nSPS) is 11.6. The van der Waals surface area contributed by atoms with Gasteiger partial charge >= 0.3 is 0 Å². The van der Waals surface area contributed by atoms with Gasteiger partial charge in [0.05, 0.1) is 21.2 Å². The van der Waals surface area contributed by atoms with Gasteiger partial charge in [-0.3, -0.25) is 13.8 Å². The highest BCUT2D eigenvalue weighted by Gasteiger charge is 2.22. The third-order valence-electron chi connectivity index (χ3n) is 6.27. The molecule has 0 spiro atoms. The van der Waals surface area contributed by atoms with Crippen LogP contribution in [0.4, 0.5) is 17.1 Å². The summed E-state index contributed by atoms with van der Waals surface area (Å²) < 4.78 is 55.5. The molecule has 1 amide bonds. The number of thioether (sulfide) groups is 1. The van der Waals surface area contributed by atoms with Crippen LogP contribution in [0.1, 0.15) is 21.5 Å². The van der Waals surface area contributed by atoms with Crippen LogP contribution >= 0.6 is 11.8 Å². The number of amides is 1. The van der Waals surface area contributed by atoms with E-state index in [-0.39, 0.29) is 9.79 Å². The lowest BCUT2D eigenvalue weighted by atomic mass is 10.1. The molecule has 0 radical (unpaired) electrons. The Hall–Kier alpha value is -3.80. The summed E-state index contributed by atoms with van der Waals surface area (Å²) in [7, 11) is -6.13. The summed E-state index contributed by atoms with van der Waals surface area (Å²) >= 11 is 1.52. The summed E-state index contributed by atoms with van der Waals surface area (Å²) in [6, 6.07) is 24.2. The number of carbonyl (C=O) groups is 1. The van der Waals surface area contributed by atoms with E-state index in [0.717, 1.165) is 20.3 Å². The number of sulfonamides is 2. The summed E-state index contributed by atoms with van der Waals surface area (Å²) in [6.45, 7) is 3.71. The molecular weight excluding hydrogens is 567 g/mol. The van der Waals surface area contributed by atoms with E-state index in [9.17, 15) is 21.6 Å². The van der Waals surface area contributed by atoms with Gasteiger partial charge in [0.2, 0.25) is 0 Å². The van der Waals surface area contributed by atoms with E-state index < -0.39 is 26.0 Å². The predicted molar refractivity (Wildman–Crippen MR) is 161 cm³/mol. The van der Waals surface area contributed by atoms with E-state index in [0.29, 0.717) is 22.6 Å². The highest BCUT2D eigenvalue weighted by Crippen LogP contribution is 2.25. The average molecular weight is 596 g/mol. The van der Waals surface area contributed by atoms with Gasteiger partial charge in [-0.1, -0.05) is 12.1 Å². The maximum absolute atomic E-state index is 13.0. The number of aryl methyl sites for hydroxylation is 2. The molecule has 0 aliphatic rings. The van der Waals surface area contributed by atoms with Gasteiger partial charge in [-0.05, 0) is 110 Å². The third-order valence-corrected chi connectivity index (χ3v) is 10.2. The van der Waals surface area contributed by atoms with Crippen molar-refractivity contribution < 1.29 is 21.6 Å². The molecule has 0 heterocycles. The van der Waals surface area contributed by atoms with Crippen molar-refractivity contribution in [1.29, 1.82) is 0 Å². The number of benzene rings is 4. The zero-order valence-electron chi connectivity index (χ0n) is 22.4. The second-order valence-corrected chi connectivity index (χ2v) is 13.6. The monoisotopic (exact) mass is 595 g/mol. The summed E-state index contributed by atoms with van der Waals surface area (Å²) in [5.74, 6) is -0.422. The molecule has 4 rings (SSSR count). The summed E-state index contributed by atoms with van der Waals surface area (Å²) in [4.78, 5) is 14.0. The number of hydrogen-bond donors (Lipinski definition) is 2. The Morgan fingerprint density at radius 2 is 1.38 bits per heavy atom. The molecule has 0 bridgehead atoms. The van der Waals surface area contributed by atoms with Crippen molar-refractivity contribution >= 4 is 54.8 Å². The molecule has 2 N–H and O–H groups in total. The standard InChI is InChI=1S/C29H29N3O5S3/c1-20-5-6-21(2)28(19-20)31-39(34,35)26-15-9-23(10-16-26)30-29(33)22-7-11-24(12-8-22)32(3)40(36,37)27-17-13-25(38-4)14-18-27/h5-19,31H,1-4H3,(H,30,33). The molecule has 0 saturated heterocycles. The highest BCUT2D eigenvalue weighted by atomic mass is 32.2. The quantitative estimate of drug-likeness (QED) is 0.233. The van der Waals surface area contributed by atoms with E-state index in [1.807, 2.05) is 32.2 Å². The van der Waals surface area contributed by atoms with E-state index in [1.54, 1.807) is 42.5 Å². The second-order valence-electron chi connectivity index (χ2n) is 9.10. The first-order chi connectivity index (χ1) is 18.9. The number of carbonyl (C=O) groups excluding carboxylic acids is 1. The van der Waals surface area contributed by atoms with Crippen molar-refractivity contribution in [3.05, 3.63) is 108 Å². The molecule has 11 heteroatoms. The molecule has 8 nitrogen and oxygen atoms in total. The first-order valence-corrected chi connectivity index (χ1v) is 16.3. The minimum Gasteiger partial charge on any atom is -0.322 e. The predicted octanol–water partition coefficient (Wildman–Crippen LogP) is 5.90. The lowest BCUT2D eigenvalue weighted by Gasteiger charge is -2.20. The van der Waals surface area contributed by atoms with Crippen LogP contribution in [0.5, 0.6) is 0 Å². The number of rotatable bonds is 9. The molecule has 0 fully saturated rings. The molecule has 0 aromatic heterocycles. The largest absolute Gasteiger partial charge is 0.322 e. The Morgan fingerprint density at radius 3 is 1.98 bits per heavy atom. The van der Waals surface area contributed by atoms with Crippen molar-refractivity contribution in [2.45, 2.75) is 28.5 Å². The lowest BCUT2D eigenvalue weighted by molar-refractivity contribution is 0.102. The first kappa shape index (κ1) is 29.2. The number of hydrogen-bond acceptors (Lipinski definition) is 6. The smallest absolute Gasteiger partial charge is 0.264 e. The molecule has 0 unspecified atom stereocenters.